The second-order valence-electron chi connectivity index (χ2n) is 9.91. The van der Waals surface area contributed by atoms with Gasteiger partial charge >= 0.3 is 6.03 Å². The van der Waals surface area contributed by atoms with Crippen LogP contribution in [0.15, 0.2) is 65.6 Å². The quantitative estimate of drug-likeness (QED) is 0.501. The average molecular weight is 515 g/mol. The SMILES string of the molecule is CNS(=O)(=O)c1ccc(CNC(=O)N2CC3(CCCC3)c3cc(-c4cccc(C#N)c4C)ccc32)cc1. The molecule has 1 aliphatic heterocycles. The van der Waals surface area contributed by atoms with Crippen molar-refractivity contribution in [1.82, 2.24) is 10.0 Å². The van der Waals surface area contributed by atoms with Crippen molar-refractivity contribution in [2.45, 2.75) is 49.5 Å². The Morgan fingerprint density at radius 2 is 1.81 bits per heavy atom. The van der Waals surface area contributed by atoms with Crippen molar-refractivity contribution in [2.75, 3.05) is 18.5 Å². The Kier molecular flexibility index (Phi) is 6.52. The average Bonchev–Trinajstić information content (AvgIpc) is 3.52. The van der Waals surface area contributed by atoms with Gasteiger partial charge in [0, 0.05) is 24.2 Å². The number of carbonyl (C=O) groups is 1. The lowest BCUT2D eigenvalue weighted by molar-refractivity contribution is 0.245. The standard InChI is InChI=1S/C29H30N4O3S/c1-20-23(17-30)6-5-7-25(20)22-10-13-27-26(16-22)29(14-3-4-15-29)19-33(27)28(34)32-18-21-8-11-24(12-9-21)37(35,36)31-2/h5-13,16,31H,3-4,14-15,18-19H2,1-2H3,(H,32,34). The maximum atomic E-state index is 13.4. The number of nitrogens with zero attached hydrogens (tertiary/aromatic N) is 2. The first-order chi connectivity index (χ1) is 17.8. The van der Waals surface area contributed by atoms with Gasteiger partial charge in [0.05, 0.1) is 16.5 Å². The van der Waals surface area contributed by atoms with Gasteiger partial charge in [-0.1, -0.05) is 43.2 Å². The smallest absolute Gasteiger partial charge is 0.322 e. The topological polar surface area (TPSA) is 102 Å². The van der Waals surface area contributed by atoms with Gasteiger partial charge in [-0.25, -0.2) is 17.9 Å². The lowest BCUT2D eigenvalue weighted by Crippen LogP contribution is -2.41. The second kappa shape index (κ2) is 9.66. The summed E-state index contributed by atoms with van der Waals surface area (Å²) in [6.07, 6.45) is 4.38. The number of carbonyl (C=O) groups excluding carboxylic acids is 1. The van der Waals surface area contributed by atoms with E-state index in [2.05, 4.69) is 22.2 Å². The molecule has 0 atom stereocenters. The highest BCUT2D eigenvalue weighted by molar-refractivity contribution is 7.89. The Labute approximate surface area is 218 Å². The highest BCUT2D eigenvalue weighted by atomic mass is 32.2. The van der Waals surface area contributed by atoms with E-state index in [0.717, 1.165) is 53.6 Å². The molecule has 3 aromatic rings. The van der Waals surface area contributed by atoms with Crippen LogP contribution in [0.25, 0.3) is 11.1 Å². The first-order valence-corrected chi connectivity index (χ1v) is 14.0. The lowest BCUT2D eigenvalue weighted by atomic mass is 9.79. The number of nitrogens with one attached hydrogen (secondary N) is 2. The molecular weight excluding hydrogens is 484 g/mol. The molecule has 190 valence electrons. The summed E-state index contributed by atoms with van der Waals surface area (Å²) in [5.41, 5.74) is 6.67. The summed E-state index contributed by atoms with van der Waals surface area (Å²) in [6.45, 7) is 2.93. The highest BCUT2D eigenvalue weighted by Crippen LogP contribution is 2.51. The van der Waals surface area contributed by atoms with Gasteiger partial charge in [0.2, 0.25) is 10.0 Å². The van der Waals surface area contributed by atoms with E-state index >= 15 is 0 Å². The Morgan fingerprint density at radius 1 is 1.08 bits per heavy atom. The summed E-state index contributed by atoms with van der Waals surface area (Å²) in [5.74, 6) is 0. The van der Waals surface area contributed by atoms with Gasteiger partial charge in [-0.15, -0.1) is 0 Å². The van der Waals surface area contributed by atoms with Crippen LogP contribution in [0.3, 0.4) is 0 Å². The summed E-state index contributed by atoms with van der Waals surface area (Å²) in [4.78, 5) is 15.4. The molecule has 8 heteroatoms. The van der Waals surface area contributed by atoms with Crippen LogP contribution in [0, 0.1) is 18.3 Å². The molecule has 1 fully saturated rings. The van der Waals surface area contributed by atoms with Crippen molar-refractivity contribution in [3.63, 3.8) is 0 Å². The minimum atomic E-state index is -3.50. The molecule has 2 N–H and O–H groups in total. The van der Waals surface area contributed by atoms with Gasteiger partial charge in [0.25, 0.3) is 0 Å². The molecule has 5 rings (SSSR count). The Balaban J connectivity index is 1.40. The van der Waals surface area contributed by atoms with E-state index in [4.69, 9.17) is 0 Å². The second-order valence-corrected chi connectivity index (χ2v) is 11.8. The van der Waals surface area contributed by atoms with Gasteiger partial charge in [0.1, 0.15) is 0 Å². The van der Waals surface area contributed by atoms with E-state index in [0.29, 0.717) is 18.7 Å². The van der Waals surface area contributed by atoms with Crippen LogP contribution >= 0.6 is 0 Å². The zero-order chi connectivity index (χ0) is 26.2. The van der Waals surface area contributed by atoms with Gasteiger partial charge in [0.15, 0.2) is 0 Å². The third kappa shape index (κ3) is 4.50. The van der Waals surface area contributed by atoms with Gasteiger partial charge in [-0.2, -0.15) is 5.26 Å². The number of sulfonamides is 1. The molecule has 0 aromatic heterocycles. The number of rotatable bonds is 5. The molecule has 7 nitrogen and oxygen atoms in total. The van der Waals surface area contributed by atoms with Gasteiger partial charge in [-0.3, -0.25) is 4.90 Å². The van der Waals surface area contributed by atoms with Crippen molar-refractivity contribution < 1.29 is 13.2 Å². The normalized spacial score (nSPS) is 16.0. The van der Waals surface area contributed by atoms with E-state index < -0.39 is 10.0 Å². The maximum absolute atomic E-state index is 13.4. The number of hydrogen-bond acceptors (Lipinski definition) is 4. The monoisotopic (exact) mass is 514 g/mol. The van der Waals surface area contributed by atoms with Crippen LogP contribution in [0.5, 0.6) is 0 Å². The number of hydrogen-bond donors (Lipinski definition) is 2. The van der Waals surface area contributed by atoms with E-state index in [1.807, 2.05) is 42.2 Å². The number of fused-ring (bicyclic) bond motifs is 2. The summed E-state index contributed by atoms with van der Waals surface area (Å²) in [7, 11) is -2.12. The molecule has 1 aliphatic carbocycles. The van der Waals surface area contributed by atoms with E-state index in [1.165, 1.54) is 24.7 Å². The molecule has 1 saturated carbocycles. The molecular formula is C29H30N4O3S. The van der Waals surface area contributed by atoms with Crippen molar-refractivity contribution in [3.8, 4) is 17.2 Å². The zero-order valence-electron chi connectivity index (χ0n) is 21.0. The third-order valence-corrected chi connectivity index (χ3v) is 9.27. The number of anilines is 1. The molecule has 37 heavy (non-hydrogen) atoms. The molecule has 2 aliphatic rings. The number of nitriles is 1. The summed E-state index contributed by atoms with van der Waals surface area (Å²) in [5, 5.41) is 12.5. The molecule has 2 amide bonds. The molecule has 3 aromatic carbocycles. The van der Waals surface area contributed by atoms with E-state index in [-0.39, 0.29) is 16.3 Å². The fourth-order valence-corrected chi connectivity index (χ4v) is 6.47. The van der Waals surface area contributed by atoms with Crippen molar-refractivity contribution >= 4 is 21.7 Å². The molecule has 0 unspecified atom stereocenters. The van der Waals surface area contributed by atoms with Crippen LogP contribution < -0.4 is 14.9 Å². The van der Waals surface area contributed by atoms with Crippen LogP contribution in [0.1, 0.15) is 47.9 Å². The van der Waals surface area contributed by atoms with Crippen molar-refractivity contribution in [2.24, 2.45) is 0 Å². The maximum Gasteiger partial charge on any atom is 0.322 e. The fourth-order valence-electron chi connectivity index (χ4n) is 5.74. The lowest BCUT2D eigenvalue weighted by Gasteiger charge is -2.25. The first kappa shape index (κ1) is 25.0. The van der Waals surface area contributed by atoms with Crippen LogP contribution in [-0.2, 0) is 22.0 Å². The van der Waals surface area contributed by atoms with Gasteiger partial charge < -0.3 is 5.32 Å². The molecule has 0 radical (unpaired) electrons. The first-order valence-electron chi connectivity index (χ1n) is 12.5. The molecule has 0 saturated heterocycles. The third-order valence-electron chi connectivity index (χ3n) is 7.84. The molecule has 1 heterocycles. The predicted molar refractivity (Wildman–Crippen MR) is 144 cm³/mol. The fraction of sp³-hybridized carbons (Fsp3) is 0.310. The molecule has 1 spiro atoms. The minimum absolute atomic E-state index is 0.0490. The highest BCUT2D eigenvalue weighted by Gasteiger charge is 2.46. The summed E-state index contributed by atoms with van der Waals surface area (Å²) in [6, 6.07) is 20.7. The zero-order valence-corrected chi connectivity index (χ0v) is 21.9. The predicted octanol–water partition coefficient (Wildman–Crippen LogP) is 4.98. The van der Waals surface area contributed by atoms with Crippen molar-refractivity contribution in [3.05, 3.63) is 82.9 Å². The van der Waals surface area contributed by atoms with E-state index in [1.54, 1.807) is 12.1 Å². The number of amides is 2. The molecule has 0 bridgehead atoms. The van der Waals surface area contributed by atoms with Gasteiger partial charge in [-0.05, 0) is 85.0 Å². The Bertz CT molecular complexity index is 1500. The Hall–Kier alpha value is -3.67. The van der Waals surface area contributed by atoms with Crippen molar-refractivity contribution in [1.29, 1.82) is 5.26 Å². The Morgan fingerprint density at radius 3 is 2.49 bits per heavy atom. The van der Waals surface area contributed by atoms with E-state index in [9.17, 15) is 18.5 Å². The largest absolute Gasteiger partial charge is 0.334 e. The number of benzene rings is 3. The number of urea groups is 1. The van der Waals surface area contributed by atoms with Crippen LogP contribution in [-0.4, -0.2) is 28.0 Å². The summed E-state index contributed by atoms with van der Waals surface area (Å²) >= 11 is 0. The minimum Gasteiger partial charge on any atom is -0.334 e. The van der Waals surface area contributed by atoms with Crippen LogP contribution in [0.2, 0.25) is 0 Å². The van der Waals surface area contributed by atoms with Crippen LogP contribution in [0.4, 0.5) is 10.5 Å². The summed E-state index contributed by atoms with van der Waals surface area (Å²) < 4.78 is 26.2.